The van der Waals surface area contributed by atoms with Gasteiger partial charge in [0, 0.05) is 32.4 Å². The average molecular weight is 474 g/mol. The number of aromatic nitrogens is 1. The molecular weight excluding hydrogens is 448 g/mol. The van der Waals surface area contributed by atoms with Crippen molar-refractivity contribution in [1.29, 1.82) is 0 Å². The van der Waals surface area contributed by atoms with E-state index >= 15 is 0 Å². The summed E-state index contributed by atoms with van der Waals surface area (Å²) in [5.74, 6) is 0.607. The number of aliphatic imine (C=N–C) groups is 1. The minimum absolute atomic E-state index is 0. The maximum absolute atomic E-state index is 12.1. The Labute approximate surface area is 163 Å². The average Bonchev–Trinajstić information content (AvgIpc) is 2.55. The number of hydrogen-bond acceptors (Lipinski definition) is 3. The number of guanidine groups is 1. The quantitative estimate of drug-likeness (QED) is 0.247. The molecule has 5 nitrogen and oxygen atoms in total. The molecule has 9 heteroatoms. The van der Waals surface area contributed by atoms with Gasteiger partial charge in [0.25, 0.3) is 0 Å². The highest BCUT2D eigenvalue weighted by atomic mass is 127. The highest BCUT2D eigenvalue weighted by Gasteiger charge is 2.28. The van der Waals surface area contributed by atoms with E-state index in [1.165, 1.54) is 31.5 Å². The van der Waals surface area contributed by atoms with Gasteiger partial charge in [-0.3, -0.25) is 4.99 Å². The van der Waals surface area contributed by atoms with Gasteiger partial charge in [-0.05, 0) is 18.1 Å². The zero-order valence-electron chi connectivity index (χ0n) is 14.5. The topological polar surface area (TPSA) is 58.5 Å². The van der Waals surface area contributed by atoms with Crippen molar-refractivity contribution in [2.45, 2.75) is 45.3 Å². The fraction of sp³-hybridized carbons (Fsp3) is 0.625. The second-order valence-corrected chi connectivity index (χ2v) is 5.32. The zero-order valence-corrected chi connectivity index (χ0v) is 16.9. The highest BCUT2D eigenvalue weighted by Crippen LogP contribution is 2.17. The Kier molecular flexibility index (Phi) is 12.4. The van der Waals surface area contributed by atoms with Gasteiger partial charge in [0.1, 0.15) is 0 Å². The standard InChI is InChI=1S/C16H25F3N4O.HI/c1-3-4-5-6-8-22-15(20-2)23-11-13-7-9-21-14(10-13)24-12-16(17,18)19;/h7,9-10H,3-6,8,11-12H2,1-2H3,(H2,20,22,23);1H. The molecule has 1 aromatic heterocycles. The van der Waals surface area contributed by atoms with Crippen LogP contribution in [-0.4, -0.2) is 37.3 Å². The van der Waals surface area contributed by atoms with Gasteiger partial charge in [0.2, 0.25) is 5.88 Å². The van der Waals surface area contributed by atoms with E-state index in [2.05, 4.69) is 32.3 Å². The Morgan fingerprint density at radius 2 is 2.00 bits per heavy atom. The molecule has 0 aliphatic heterocycles. The lowest BCUT2D eigenvalue weighted by atomic mass is 10.2. The normalized spacial score (nSPS) is 11.6. The molecule has 0 bridgehead atoms. The van der Waals surface area contributed by atoms with Crippen molar-refractivity contribution in [2.75, 3.05) is 20.2 Å². The smallest absolute Gasteiger partial charge is 0.422 e. The first-order valence-electron chi connectivity index (χ1n) is 8.03. The Morgan fingerprint density at radius 1 is 1.24 bits per heavy atom. The molecular formula is C16H26F3IN4O. The lowest BCUT2D eigenvalue weighted by Gasteiger charge is -2.13. The molecule has 1 aromatic rings. The van der Waals surface area contributed by atoms with Crippen LogP contribution in [-0.2, 0) is 6.54 Å². The molecule has 0 amide bonds. The second kappa shape index (κ2) is 13.0. The third kappa shape index (κ3) is 11.8. The second-order valence-electron chi connectivity index (χ2n) is 5.32. The molecule has 25 heavy (non-hydrogen) atoms. The molecule has 0 radical (unpaired) electrons. The van der Waals surface area contributed by atoms with E-state index in [-0.39, 0.29) is 29.9 Å². The van der Waals surface area contributed by atoms with Crippen molar-refractivity contribution < 1.29 is 17.9 Å². The minimum atomic E-state index is -4.38. The summed E-state index contributed by atoms with van der Waals surface area (Å²) in [5.41, 5.74) is 0.760. The number of pyridine rings is 1. The Balaban J connectivity index is 0.00000576. The van der Waals surface area contributed by atoms with Crippen LogP contribution in [0.4, 0.5) is 13.2 Å². The van der Waals surface area contributed by atoms with Crippen molar-refractivity contribution in [3.05, 3.63) is 23.9 Å². The Hall–Kier alpha value is -1.26. The first-order chi connectivity index (χ1) is 11.4. The van der Waals surface area contributed by atoms with Crippen molar-refractivity contribution in [3.63, 3.8) is 0 Å². The molecule has 0 aliphatic carbocycles. The third-order valence-corrected chi connectivity index (χ3v) is 3.19. The third-order valence-electron chi connectivity index (χ3n) is 3.19. The van der Waals surface area contributed by atoms with Gasteiger partial charge in [-0.15, -0.1) is 24.0 Å². The number of ether oxygens (including phenoxy) is 1. The van der Waals surface area contributed by atoms with Crippen LogP contribution in [0.25, 0.3) is 0 Å². The Morgan fingerprint density at radius 3 is 2.64 bits per heavy atom. The molecule has 1 heterocycles. The fourth-order valence-electron chi connectivity index (χ4n) is 1.96. The first-order valence-corrected chi connectivity index (χ1v) is 8.03. The number of nitrogens with one attached hydrogen (secondary N) is 2. The number of halogens is 4. The first kappa shape index (κ1) is 23.7. The summed E-state index contributed by atoms with van der Waals surface area (Å²) in [6, 6.07) is 3.19. The van der Waals surface area contributed by atoms with Crippen LogP contribution in [0.5, 0.6) is 5.88 Å². The molecule has 2 N–H and O–H groups in total. The van der Waals surface area contributed by atoms with Gasteiger partial charge in [-0.1, -0.05) is 26.2 Å². The van der Waals surface area contributed by atoms with Gasteiger partial charge >= 0.3 is 6.18 Å². The predicted octanol–water partition coefficient (Wildman–Crippen LogP) is 3.89. The molecule has 0 saturated carbocycles. The molecule has 0 atom stereocenters. The largest absolute Gasteiger partial charge is 0.468 e. The summed E-state index contributed by atoms with van der Waals surface area (Å²) in [6.07, 6.45) is 1.69. The number of rotatable bonds is 9. The monoisotopic (exact) mass is 474 g/mol. The summed E-state index contributed by atoms with van der Waals surface area (Å²) in [4.78, 5) is 7.88. The summed E-state index contributed by atoms with van der Waals surface area (Å²) in [5, 5.41) is 6.31. The van der Waals surface area contributed by atoms with Gasteiger partial charge < -0.3 is 15.4 Å². The van der Waals surface area contributed by atoms with Crippen molar-refractivity contribution in [2.24, 2.45) is 4.99 Å². The van der Waals surface area contributed by atoms with Crippen LogP contribution in [0.1, 0.15) is 38.2 Å². The van der Waals surface area contributed by atoms with Crippen molar-refractivity contribution >= 4 is 29.9 Å². The SMILES string of the molecule is CCCCCCNC(=NC)NCc1ccnc(OCC(F)(F)F)c1.I. The van der Waals surface area contributed by atoms with E-state index in [0.29, 0.717) is 12.5 Å². The molecule has 0 fully saturated rings. The van der Waals surface area contributed by atoms with E-state index in [1.54, 1.807) is 13.1 Å². The van der Waals surface area contributed by atoms with Gasteiger partial charge in [0.05, 0.1) is 0 Å². The number of unbranched alkanes of at least 4 members (excludes halogenated alkanes) is 3. The van der Waals surface area contributed by atoms with E-state index in [1.807, 2.05) is 0 Å². The van der Waals surface area contributed by atoms with Crippen molar-refractivity contribution in [3.8, 4) is 5.88 Å². The van der Waals surface area contributed by atoms with Gasteiger partial charge in [-0.25, -0.2) is 4.98 Å². The summed E-state index contributed by atoms with van der Waals surface area (Å²) in [6.45, 7) is 2.06. The highest BCUT2D eigenvalue weighted by molar-refractivity contribution is 14.0. The molecule has 0 aliphatic rings. The van der Waals surface area contributed by atoms with Crippen LogP contribution in [0.2, 0.25) is 0 Å². The minimum Gasteiger partial charge on any atom is -0.468 e. The molecule has 0 aromatic carbocycles. The van der Waals surface area contributed by atoms with E-state index in [0.717, 1.165) is 18.5 Å². The van der Waals surface area contributed by atoms with Crippen LogP contribution >= 0.6 is 24.0 Å². The maximum Gasteiger partial charge on any atom is 0.422 e. The van der Waals surface area contributed by atoms with E-state index in [9.17, 15) is 13.2 Å². The van der Waals surface area contributed by atoms with E-state index in [4.69, 9.17) is 0 Å². The summed E-state index contributed by atoms with van der Waals surface area (Å²) < 4.78 is 41.1. The molecule has 1 rings (SSSR count). The maximum atomic E-state index is 12.1. The lowest BCUT2D eigenvalue weighted by molar-refractivity contribution is -0.154. The molecule has 0 spiro atoms. The fourth-order valence-corrected chi connectivity index (χ4v) is 1.96. The summed E-state index contributed by atoms with van der Waals surface area (Å²) >= 11 is 0. The van der Waals surface area contributed by atoms with Gasteiger partial charge in [-0.2, -0.15) is 13.2 Å². The number of nitrogens with zero attached hydrogens (tertiary/aromatic N) is 2. The van der Waals surface area contributed by atoms with E-state index < -0.39 is 12.8 Å². The predicted molar refractivity (Wildman–Crippen MR) is 104 cm³/mol. The molecule has 144 valence electrons. The van der Waals surface area contributed by atoms with Crippen molar-refractivity contribution in [1.82, 2.24) is 15.6 Å². The van der Waals surface area contributed by atoms with Crippen LogP contribution in [0, 0.1) is 0 Å². The van der Waals surface area contributed by atoms with Crippen LogP contribution in [0.3, 0.4) is 0 Å². The number of hydrogen-bond donors (Lipinski definition) is 2. The van der Waals surface area contributed by atoms with Crippen LogP contribution in [0.15, 0.2) is 23.3 Å². The molecule has 0 saturated heterocycles. The molecule has 0 unspecified atom stereocenters. The zero-order chi connectivity index (χ0) is 17.8. The summed E-state index contributed by atoms with van der Waals surface area (Å²) in [7, 11) is 1.67. The van der Waals surface area contributed by atoms with Gasteiger partial charge in [0.15, 0.2) is 12.6 Å². The Bertz CT molecular complexity index is 512. The van der Waals surface area contributed by atoms with Crippen LogP contribution < -0.4 is 15.4 Å². The number of alkyl halides is 3. The lowest BCUT2D eigenvalue weighted by Crippen LogP contribution is -2.37.